The van der Waals surface area contributed by atoms with Crippen LogP contribution in [0.5, 0.6) is 0 Å². The lowest BCUT2D eigenvalue weighted by molar-refractivity contribution is 0.0183. The molecule has 2 bridgehead atoms. The number of halogens is 1. The molecule has 1 aliphatic heterocycles. The highest BCUT2D eigenvalue weighted by Gasteiger charge is 2.48. The van der Waals surface area contributed by atoms with E-state index in [4.69, 9.17) is 4.74 Å². The van der Waals surface area contributed by atoms with Crippen molar-refractivity contribution in [3.63, 3.8) is 0 Å². The van der Waals surface area contributed by atoms with E-state index in [1.807, 2.05) is 37.8 Å². The van der Waals surface area contributed by atoms with Crippen molar-refractivity contribution < 1.29 is 18.7 Å². The van der Waals surface area contributed by atoms with Gasteiger partial charge in [0.2, 0.25) is 0 Å². The predicted octanol–water partition coefficient (Wildman–Crippen LogP) is 5.17. The number of carbonyl (C=O) groups excluding carboxylic acids is 2. The van der Waals surface area contributed by atoms with Crippen LogP contribution in [-0.4, -0.2) is 41.3 Å². The van der Waals surface area contributed by atoms with Crippen molar-refractivity contribution >= 4 is 12.1 Å². The molecule has 3 amide bonds. The molecule has 3 fully saturated rings. The molecule has 6 rings (SSSR count). The van der Waals surface area contributed by atoms with E-state index in [9.17, 15) is 14.0 Å². The number of nitrogens with zero attached hydrogens (tertiary/aromatic N) is 1. The molecule has 0 spiro atoms. The first-order valence-electron chi connectivity index (χ1n) is 12.6. The summed E-state index contributed by atoms with van der Waals surface area (Å²) in [6.45, 7) is 6.14. The Morgan fingerprint density at radius 3 is 2.29 bits per heavy atom. The summed E-state index contributed by atoms with van der Waals surface area (Å²) in [5.74, 6) is 0.579. The fourth-order valence-electron chi connectivity index (χ4n) is 5.87. The van der Waals surface area contributed by atoms with E-state index < -0.39 is 11.7 Å². The third-order valence-corrected chi connectivity index (χ3v) is 7.60. The maximum atomic E-state index is 13.6. The average molecular weight is 480 g/mol. The molecule has 0 unspecified atom stereocenters. The smallest absolute Gasteiger partial charge is 0.407 e. The number of fused-ring (bicyclic) bond motifs is 3. The molecule has 3 atom stereocenters. The fourth-order valence-corrected chi connectivity index (χ4v) is 5.87. The molecule has 4 aliphatic rings. The molecule has 35 heavy (non-hydrogen) atoms. The normalized spacial score (nSPS) is 27.3. The van der Waals surface area contributed by atoms with Crippen LogP contribution < -0.4 is 10.6 Å². The summed E-state index contributed by atoms with van der Waals surface area (Å²) in [4.78, 5) is 27.9. The Balaban J connectivity index is 1.31. The van der Waals surface area contributed by atoms with Crippen LogP contribution in [0.15, 0.2) is 48.5 Å². The number of benzene rings is 2. The second-order valence-corrected chi connectivity index (χ2v) is 11.1. The lowest BCUT2D eigenvalue weighted by Gasteiger charge is -2.52. The highest BCUT2D eigenvalue weighted by molar-refractivity contribution is 5.76. The van der Waals surface area contributed by atoms with Gasteiger partial charge in [-0.15, -0.1) is 0 Å². The molecule has 186 valence electrons. The van der Waals surface area contributed by atoms with Crippen molar-refractivity contribution in [1.29, 1.82) is 0 Å². The first-order chi connectivity index (χ1) is 16.7. The van der Waals surface area contributed by atoms with Crippen molar-refractivity contribution in [2.45, 2.75) is 70.2 Å². The van der Waals surface area contributed by atoms with Crippen molar-refractivity contribution in [3.05, 3.63) is 71.0 Å². The minimum absolute atomic E-state index is 0.00141. The Labute approximate surface area is 206 Å². The van der Waals surface area contributed by atoms with E-state index >= 15 is 0 Å². The van der Waals surface area contributed by atoms with Crippen LogP contribution in [-0.2, 0) is 11.2 Å². The van der Waals surface area contributed by atoms with E-state index in [0.29, 0.717) is 24.8 Å². The molecule has 3 saturated carbocycles. The van der Waals surface area contributed by atoms with Gasteiger partial charge in [-0.05, 0) is 87.1 Å². The molecule has 7 heteroatoms. The van der Waals surface area contributed by atoms with Gasteiger partial charge in [0, 0.05) is 18.6 Å². The maximum absolute atomic E-state index is 13.6. The molecule has 0 radical (unpaired) electrons. The Morgan fingerprint density at radius 2 is 1.60 bits per heavy atom. The Bertz CT molecular complexity index is 1090. The number of rotatable bonds is 3. The third kappa shape index (κ3) is 5.00. The largest absolute Gasteiger partial charge is 0.444 e. The molecule has 6 nitrogen and oxygen atoms in total. The van der Waals surface area contributed by atoms with Gasteiger partial charge in [0.05, 0.1) is 6.04 Å². The molecule has 0 aromatic heterocycles. The molecule has 1 heterocycles. The van der Waals surface area contributed by atoms with Crippen LogP contribution in [0, 0.1) is 17.7 Å². The van der Waals surface area contributed by atoms with Gasteiger partial charge in [0.1, 0.15) is 11.4 Å². The highest BCUT2D eigenvalue weighted by Crippen LogP contribution is 2.46. The van der Waals surface area contributed by atoms with Gasteiger partial charge in [-0.1, -0.05) is 36.4 Å². The van der Waals surface area contributed by atoms with Gasteiger partial charge in [-0.3, -0.25) is 0 Å². The topological polar surface area (TPSA) is 70.7 Å². The molecule has 2 aromatic carbocycles. The lowest BCUT2D eigenvalue weighted by atomic mass is 9.60. The predicted molar refractivity (Wildman–Crippen MR) is 131 cm³/mol. The van der Waals surface area contributed by atoms with Crippen molar-refractivity contribution in [2.75, 3.05) is 6.54 Å². The Morgan fingerprint density at radius 1 is 0.943 bits per heavy atom. The summed E-state index contributed by atoms with van der Waals surface area (Å²) in [6.07, 6.45) is 3.07. The summed E-state index contributed by atoms with van der Waals surface area (Å²) in [7, 11) is 0. The molecular weight excluding hydrogens is 445 g/mol. The number of ether oxygens (including phenoxy) is 1. The Hall–Kier alpha value is -3.09. The standard InChI is InChI=1S/C28H34FN3O3/c1-28(2,3)35-27(34)31-24-16-23(19-14-20(24)15-19)30-26(33)32-13-12-17-6-4-5-7-22(17)25(32)18-8-10-21(29)11-9-18/h4-11,19-20,23-25H,12-16H2,1-3H3,(H,30,33)(H,31,34)/t19?,20?,23-,24+,25+/m1/s1. The monoisotopic (exact) mass is 479 g/mol. The molecule has 2 aromatic rings. The summed E-state index contributed by atoms with van der Waals surface area (Å²) in [5.41, 5.74) is 2.64. The first-order valence-corrected chi connectivity index (χ1v) is 12.6. The van der Waals surface area contributed by atoms with Crippen LogP contribution in [0.4, 0.5) is 14.0 Å². The van der Waals surface area contributed by atoms with Gasteiger partial charge < -0.3 is 20.3 Å². The van der Waals surface area contributed by atoms with Crippen LogP contribution in [0.25, 0.3) is 0 Å². The average Bonchev–Trinajstić information content (AvgIpc) is 2.76. The van der Waals surface area contributed by atoms with Gasteiger partial charge in [0.15, 0.2) is 0 Å². The number of alkyl carbamates (subject to hydrolysis) is 1. The maximum Gasteiger partial charge on any atom is 0.407 e. The molecule has 3 aliphatic carbocycles. The minimum atomic E-state index is -0.547. The van der Waals surface area contributed by atoms with Gasteiger partial charge in [0.25, 0.3) is 0 Å². The molecular formula is C28H34FN3O3. The number of nitrogens with one attached hydrogen (secondary N) is 2. The summed E-state index contributed by atoms with van der Waals surface area (Å²) >= 11 is 0. The van der Waals surface area contributed by atoms with Crippen LogP contribution >= 0.6 is 0 Å². The van der Waals surface area contributed by atoms with Crippen molar-refractivity contribution in [2.24, 2.45) is 11.8 Å². The second-order valence-electron chi connectivity index (χ2n) is 11.1. The minimum Gasteiger partial charge on any atom is -0.444 e. The number of amides is 3. The van der Waals surface area contributed by atoms with E-state index in [1.165, 1.54) is 17.7 Å². The number of hydrogen-bond acceptors (Lipinski definition) is 3. The zero-order chi connectivity index (χ0) is 24.7. The lowest BCUT2D eigenvalue weighted by Crippen LogP contribution is -2.61. The number of carbonyl (C=O) groups is 2. The van der Waals surface area contributed by atoms with Gasteiger partial charge in [-0.25, -0.2) is 14.0 Å². The third-order valence-electron chi connectivity index (χ3n) is 7.60. The number of urea groups is 1. The summed E-state index contributed by atoms with van der Waals surface area (Å²) in [5, 5.41) is 6.33. The van der Waals surface area contributed by atoms with Crippen molar-refractivity contribution in [3.8, 4) is 0 Å². The SMILES string of the molecule is CC(C)(C)OC(=O)N[C@H]1C[C@@H](NC(=O)N2CCc3ccccc3[C@@H]2c2ccc(F)cc2)C2CC1C2. The fraction of sp³-hybridized carbons (Fsp3) is 0.500. The van der Waals surface area contributed by atoms with Crippen molar-refractivity contribution in [1.82, 2.24) is 15.5 Å². The quantitative estimate of drug-likeness (QED) is 0.638. The van der Waals surface area contributed by atoms with Crippen LogP contribution in [0.1, 0.15) is 62.8 Å². The first kappa shape index (κ1) is 23.6. The van der Waals surface area contributed by atoms with E-state index in [2.05, 4.69) is 22.8 Å². The van der Waals surface area contributed by atoms with Gasteiger partial charge >= 0.3 is 12.1 Å². The van der Waals surface area contributed by atoms with Gasteiger partial charge in [-0.2, -0.15) is 0 Å². The van der Waals surface area contributed by atoms with E-state index in [1.54, 1.807) is 12.1 Å². The van der Waals surface area contributed by atoms with Crippen LogP contribution in [0.3, 0.4) is 0 Å². The molecule has 0 saturated heterocycles. The zero-order valence-electron chi connectivity index (χ0n) is 20.6. The summed E-state index contributed by atoms with van der Waals surface area (Å²) < 4.78 is 19.1. The van der Waals surface area contributed by atoms with E-state index in [-0.39, 0.29) is 30.0 Å². The summed E-state index contributed by atoms with van der Waals surface area (Å²) in [6, 6.07) is 14.2. The Kier molecular flexibility index (Phi) is 6.20. The number of hydrogen-bond donors (Lipinski definition) is 2. The zero-order valence-corrected chi connectivity index (χ0v) is 20.6. The highest BCUT2D eigenvalue weighted by atomic mass is 19.1. The molecule has 2 N–H and O–H groups in total. The van der Waals surface area contributed by atoms with E-state index in [0.717, 1.165) is 30.4 Å². The second kappa shape index (κ2) is 9.17. The van der Waals surface area contributed by atoms with Crippen LogP contribution in [0.2, 0.25) is 0 Å².